The van der Waals surface area contributed by atoms with Crippen molar-refractivity contribution in [2.45, 2.75) is 20.4 Å². The molecule has 1 rings (SSSR count). The Balaban J connectivity index is 2.89. The van der Waals surface area contributed by atoms with Crippen molar-refractivity contribution in [3.63, 3.8) is 0 Å². The third-order valence-electron chi connectivity index (χ3n) is 2.47. The normalized spacial score (nSPS) is 10.3. The minimum Gasteiger partial charge on any atom is -0.508 e. The van der Waals surface area contributed by atoms with Gasteiger partial charge in [0, 0.05) is 37.0 Å². The molecule has 1 aromatic rings. The molecule has 0 saturated carbocycles. The van der Waals surface area contributed by atoms with E-state index in [4.69, 9.17) is 5.21 Å². The number of benzene rings is 1. The van der Waals surface area contributed by atoms with Crippen molar-refractivity contribution in [1.29, 1.82) is 0 Å². The van der Waals surface area contributed by atoms with E-state index in [1.165, 1.54) is 0 Å². The predicted octanol–water partition coefficient (Wildman–Crippen LogP) is 1.72. The average molecular weight is 210 g/mol. The van der Waals surface area contributed by atoms with Crippen LogP contribution in [0.4, 0.5) is 5.69 Å². The number of aromatic hydroxyl groups is 1. The Kier molecular flexibility index (Phi) is 4.39. The summed E-state index contributed by atoms with van der Waals surface area (Å²) >= 11 is 0. The molecule has 0 aliphatic carbocycles. The van der Waals surface area contributed by atoms with Crippen molar-refractivity contribution in [2.75, 3.05) is 18.0 Å². The number of hydrogen-bond acceptors (Lipinski definition) is 4. The van der Waals surface area contributed by atoms with Gasteiger partial charge in [0.25, 0.3) is 0 Å². The summed E-state index contributed by atoms with van der Waals surface area (Å²) in [6.45, 7) is 6.22. The molecule has 3 N–H and O–H groups in total. The lowest BCUT2D eigenvalue weighted by Gasteiger charge is -2.21. The van der Waals surface area contributed by atoms with Gasteiger partial charge in [-0.25, -0.2) is 5.48 Å². The minimum absolute atomic E-state index is 0.209. The predicted molar refractivity (Wildman–Crippen MR) is 60.3 cm³/mol. The van der Waals surface area contributed by atoms with Crippen molar-refractivity contribution in [1.82, 2.24) is 5.48 Å². The number of rotatable bonds is 5. The third-order valence-corrected chi connectivity index (χ3v) is 2.47. The standard InChI is InChI=1S/C11H18N2O2/c1-3-13(4-2)10-6-5-9(8-12-15)11(14)7-10/h5-7,12,14-15H,3-4,8H2,1-2H3. The lowest BCUT2D eigenvalue weighted by molar-refractivity contribution is 0.160. The quantitative estimate of drug-likeness (QED) is 0.648. The molecule has 0 aromatic heterocycles. The summed E-state index contributed by atoms with van der Waals surface area (Å²) in [5.74, 6) is 0.209. The molecule has 1 aromatic carbocycles. The van der Waals surface area contributed by atoms with E-state index in [0.717, 1.165) is 18.8 Å². The molecule has 0 heterocycles. The van der Waals surface area contributed by atoms with Crippen LogP contribution in [0.15, 0.2) is 18.2 Å². The van der Waals surface area contributed by atoms with E-state index < -0.39 is 0 Å². The number of hydroxylamine groups is 1. The van der Waals surface area contributed by atoms with E-state index in [2.05, 4.69) is 18.7 Å². The maximum Gasteiger partial charge on any atom is 0.122 e. The molecule has 0 unspecified atom stereocenters. The van der Waals surface area contributed by atoms with Crippen LogP contribution < -0.4 is 10.4 Å². The monoisotopic (exact) mass is 210 g/mol. The first-order chi connectivity index (χ1) is 7.22. The highest BCUT2D eigenvalue weighted by atomic mass is 16.5. The molecule has 0 saturated heterocycles. The Labute approximate surface area is 90.1 Å². The van der Waals surface area contributed by atoms with Crippen molar-refractivity contribution < 1.29 is 10.3 Å². The maximum absolute atomic E-state index is 9.68. The highest BCUT2D eigenvalue weighted by molar-refractivity contribution is 5.53. The second-order valence-electron chi connectivity index (χ2n) is 3.32. The van der Waals surface area contributed by atoms with E-state index in [0.29, 0.717) is 5.56 Å². The van der Waals surface area contributed by atoms with Gasteiger partial charge < -0.3 is 15.2 Å². The van der Waals surface area contributed by atoms with Crippen molar-refractivity contribution in [3.05, 3.63) is 23.8 Å². The van der Waals surface area contributed by atoms with Gasteiger partial charge in [0.2, 0.25) is 0 Å². The second-order valence-corrected chi connectivity index (χ2v) is 3.32. The number of phenols is 1. The second kappa shape index (κ2) is 5.58. The lowest BCUT2D eigenvalue weighted by Crippen LogP contribution is -2.21. The Bertz CT molecular complexity index is 311. The van der Waals surface area contributed by atoms with Gasteiger partial charge in [-0.05, 0) is 19.9 Å². The fourth-order valence-corrected chi connectivity index (χ4v) is 1.57. The molecule has 0 bridgehead atoms. The zero-order chi connectivity index (χ0) is 11.3. The Morgan fingerprint density at radius 1 is 1.27 bits per heavy atom. The highest BCUT2D eigenvalue weighted by Crippen LogP contribution is 2.24. The summed E-state index contributed by atoms with van der Waals surface area (Å²) in [6.07, 6.45) is 0. The molecular weight excluding hydrogens is 192 g/mol. The molecule has 0 amide bonds. The van der Waals surface area contributed by atoms with Crippen LogP contribution in [0.25, 0.3) is 0 Å². The molecule has 15 heavy (non-hydrogen) atoms. The molecule has 0 radical (unpaired) electrons. The Hall–Kier alpha value is -1.26. The summed E-state index contributed by atoms with van der Waals surface area (Å²) in [5.41, 5.74) is 3.72. The van der Waals surface area contributed by atoms with Gasteiger partial charge in [0.05, 0.1) is 0 Å². The van der Waals surface area contributed by atoms with Gasteiger partial charge in [0.15, 0.2) is 0 Å². The van der Waals surface area contributed by atoms with E-state index in [1.807, 2.05) is 17.6 Å². The van der Waals surface area contributed by atoms with Crippen LogP contribution in [0.5, 0.6) is 5.75 Å². The fraction of sp³-hybridized carbons (Fsp3) is 0.455. The number of anilines is 1. The number of hydrogen-bond donors (Lipinski definition) is 3. The van der Waals surface area contributed by atoms with Gasteiger partial charge >= 0.3 is 0 Å². The summed E-state index contributed by atoms with van der Waals surface area (Å²) in [5, 5.41) is 18.2. The Morgan fingerprint density at radius 2 is 1.93 bits per heavy atom. The SMILES string of the molecule is CCN(CC)c1ccc(CNO)c(O)c1. The fourth-order valence-electron chi connectivity index (χ4n) is 1.57. The first kappa shape index (κ1) is 11.8. The van der Waals surface area contributed by atoms with Crippen molar-refractivity contribution in [2.24, 2.45) is 0 Å². The van der Waals surface area contributed by atoms with Gasteiger partial charge in [-0.1, -0.05) is 6.07 Å². The molecule has 4 nitrogen and oxygen atoms in total. The maximum atomic E-state index is 9.68. The molecule has 0 atom stereocenters. The smallest absolute Gasteiger partial charge is 0.122 e. The van der Waals surface area contributed by atoms with Gasteiger partial charge in [-0.3, -0.25) is 0 Å². The molecule has 0 aliphatic rings. The van der Waals surface area contributed by atoms with Crippen LogP contribution >= 0.6 is 0 Å². The van der Waals surface area contributed by atoms with Gasteiger partial charge in [-0.2, -0.15) is 0 Å². The van der Waals surface area contributed by atoms with Crippen molar-refractivity contribution >= 4 is 5.69 Å². The first-order valence-corrected chi connectivity index (χ1v) is 5.16. The summed E-state index contributed by atoms with van der Waals surface area (Å²) in [7, 11) is 0. The van der Waals surface area contributed by atoms with Crippen LogP contribution in [0.1, 0.15) is 19.4 Å². The van der Waals surface area contributed by atoms with Crippen LogP contribution in [0.3, 0.4) is 0 Å². The van der Waals surface area contributed by atoms with Gasteiger partial charge in [-0.15, -0.1) is 0 Å². The molecule has 4 heteroatoms. The van der Waals surface area contributed by atoms with E-state index in [1.54, 1.807) is 6.07 Å². The molecule has 0 fully saturated rings. The summed E-state index contributed by atoms with van der Waals surface area (Å²) in [4.78, 5) is 2.15. The van der Waals surface area contributed by atoms with E-state index in [-0.39, 0.29) is 12.3 Å². The van der Waals surface area contributed by atoms with Crippen LogP contribution in [0, 0.1) is 0 Å². The van der Waals surface area contributed by atoms with Crippen LogP contribution in [0.2, 0.25) is 0 Å². The third kappa shape index (κ3) is 2.84. The molecular formula is C11H18N2O2. The minimum atomic E-state index is 0.209. The van der Waals surface area contributed by atoms with Crippen molar-refractivity contribution in [3.8, 4) is 5.75 Å². The number of phenolic OH excluding ortho intramolecular Hbond substituents is 1. The number of nitrogens with zero attached hydrogens (tertiary/aromatic N) is 1. The van der Waals surface area contributed by atoms with Crippen LogP contribution in [-0.2, 0) is 6.54 Å². The summed E-state index contributed by atoms with van der Waals surface area (Å²) < 4.78 is 0. The van der Waals surface area contributed by atoms with Gasteiger partial charge in [0.1, 0.15) is 5.75 Å². The number of nitrogens with one attached hydrogen (secondary N) is 1. The zero-order valence-electron chi connectivity index (χ0n) is 9.20. The highest BCUT2D eigenvalue weighted by Gasteiger charge is 2.05. The summed E-state index contributed by atoms with van der Waals surface area (Å²) in [6, 6.07) is 5.48. The molecule has 0 spiro atoms. The Morgan fingerprint density at radius 3 is 2.40 bits per heavy atom. The largest absolute Gasteiger partial charge is 0.508 e. The molecule has 84 valence electrons. The average Bonchev–Trinajstić information content (AvgIpc) is 2.24. The zero-order valence-corrected chi connectivity index (χ0v) is 9.20. The van der Waals surface area contributed by atoms with Crippen LogP contribution in [-0.4, -0.2) is 23.4 Å². The first-order valence-electron chi connectivity index (χ1n) is 5.16. The van der Waals surface area contributed by atoms with E-state index >= 15 is 0 Å². The topological polar surface area (TPSA) is 55.7 Å². The lowest BCUT2D eigenvalue weighted by atomic mass is 10.1. The molecule has 0 aliphatic heterocycles. The van der Waals surface area contributed by atoms with E-state index in [9.17, 15) is 5.11 Å².